The van der Waals surface area contributed by atoms with Gasteiger partial charge in [0.2, 0.25) is 0 Å². The van der Waals surface area contributed by atoms with Crippen molar-refractivity contribution in [1.82, 2.24) is 0 Å². The zero-order valence-electron chi connectivity index (χ0n) is 24.9. The predicted molar refractivity (Wildman–Crippen MR) is 159 cm³/mol. The minimum absolute atomic E-state index is 0.0390. The first-order chi connectivity index (χ1) is 19.3. The molecule has 2 aromatic carbocycles. The van der Waals surface area contributed by atoms with E-state index < -0.39 is 10.1 Å². The molecule has 0 saturated heterocycles. The second-order valence-electron chi connectivity index (χ2n) is 12.7. The summed E-state index contributed by atoms with van der Waals surface area (Å²) in [5.74, 6) is 2.43. The maximum atomic E-state index is 13.2. The van der Waals surface area contributed by atoms with E-state index in [4.69, 9.17) is 13.7 Å². The molecule has 5 rings (SSSR count). The molecule has 2 aromatic rings. The molecular formula is C34H48O5S. The van der Waals surface area contributed by atoms with Crippen LogP contribution in [0.4, 0.5) is 0 Å². The molecule has 6 atom stereocenters. The molecule has 2 fully saturated rings. The van der Waals surface area contributed by atoms with E-state index >= 15 is 0 Å². The van der Waals surface area contributed by atoms with Gasteiger partial charge in [0.15, 0.2) is 0 Å². The average molecular weight is 569 g/mol. The molecule has 5 unspecified atom stereocenters. The monoisotopic (exact) mass is 568 g/mol. The molecule has 0 bridgehead atoms. The maximum absolute atomic E-state index is 13.2. The van der Waals surface area contributed by atoms with Gasteiger partial charge in [0, 0.05) is 6.61 Å². The van der Waals surface area contributed by atoms with Gasteiger partial charge in [-0.3, -0.25) is 4.18 Å². The molecule has 3 aliphatic carbocycles. The van der Waals surface area contributed by atoms with E-state index in [0.717, 1.165) is 75.9 Å². The fourth-order valence-corrected chi connectivity index (χ4v) is 8.96. The number of benzene rings is 2. The Hall–Kier alpha value is -1.89. The maximum Gasteiger partial charge on any atom is 0.296 e. The van der Waals surface area contributed by atoms with Crippen LogP contribution in [0.3, 0.4) is 0 Å². The van der Waals surface area contributed by atoms with Crippen molar-refractivity contribution in [3.05, 3.63) is 59.2 Å². The molecule has 3 aliphatic rings. The summed E-state index contributed by atoms with van der Waals surface area (Å²) >= 11 is 0. The second-order valence-corrected chi connectivity index (χ2v) is 14.3. The minimum Gasteiger partial charge on any atom is -0.494 e. The van der Waals surface area contributed by atoms with Gasteiger partial charge in [0.05, 0.1) is 24.2 Å². The first-order valence-electron chi connectivity index (χ1n) is 15.6. The van der Waals surface area contributed by atoms with Crippen LogP contribution in [0.1, 0.15) is 94.7 Å². The van der Waals surface area contributed by atoms with Gasteiger partial charge in [-0.05, 0) is 116 Å². The Morgan fingerprint density at radius 1 is 0.950 bits per heavy atom. The van der Waals surface area contributed by atoms with Gasteiger partial charge in [-0.15, -0.1) is 0 Å². The van der Waals surface area contributed by atoms with E-state index in [-0.39, 0.29) is 34.9 Å². The highest BCUT2D eigenvalue weighted by molar-refractivity contribution is 7.86. The van der Waals surface area contributed by atoms with Crippen molar-refractivity contribution in [2.45, 2.75) is 102 Å². The zero-order valence-corrected chi connectivity index (χ0v) is 25.7. The SMILES string of the molecule is CCCCOc1ccc2c(c1)CCC1C2[C@@H](COS(=O)(=O)c2ccc(C)cc2)CC2(C)C(OCCCC)CCC12. The third-order valence-electron chi connectivity index (χ3n) is 10.1. The van der Waals surface area contributed by atoms with Crippen LogP contribution in [0.25, 0.3) is 0 Å². The Labute approximate surface area is 242 Å². The molecule has 0 radical (unpaired) electrons. The van der Waals surface area contributed by atoms with E-state index in [1.165, 1.54) is 17.5 Å². The largest absolute Gasteiger partial charge is 0.494 e. The third-order valence-corrected chi connectivity index (χ3v) is 11.4. The van der Waals surface area contributed by atoms with Crippen molar-refractivity contribution in [2.75, 3.05) is 19.8 Å². The Kier molecular flexibility index (Phi) is 9.28. The van der Waals surface area contributed by atoms with Crippen molar-refractivity contribution in [2.24, 2.45) is 23.2 Å². The molecule has 0 spiro atoms. The smallest absolute Gasteiger partial charge is 0.296 e. The van der Waals surface area contributed by atoms with E-state index in [1.807, 2.05) is 19.1 Å². The summed E-state index contributed by atoms with van der Waals surface area (Å²) in [5, 5.41) is 0. The lowest BCUT2D eigenvalue weighted by Gasteiger charge is -2.54. The first kappa shape index (κ1) is 29.6. The van der Waals surface area contributed by atoms with E-state index in [1.54, 1.807) is 12.1 Å². The van der Waals surface area contributed by atoms with Gasteiger partial charge in [-0.2, -0.15) is 8.42 Å². The van der Waals surface area contributed by atoms with Crippen LogP contribution in [0.15, 0.2) is 47.4 Å². The number of unbranched alkanes of at least 4 members (excludes halogenated alkanes) is 2. The van der Waals surface area contributed by atoms with Crippen LogP contribution < -0.4 is 4.74 Å². The molecule has 0 aromatic heterocycles. The molecule has 220 valence electrons. The number of ether oxygens (including phenoxy) is 2. The zero-order chi connectivity index (χ0) is 28.3. The number of hydrogen-bond acceptors (Lipinski definition) is 5. The lowest BCUT2D eigenvalue weighted by molar-refractivity contribution is -0.0861. The van der Waals surface area contributed by atoms with Gasteiger partial charge in [-0.1, -0.05) is 57.4 Å². The minimum atomic E-state index is -3.84. The third kappa shape index (κ3) is 6.00. The lowest BCUT2D eigenvalue weighted by Crippen LogP contribution is -2.49. The highest BCUT2D eigenvalue weighted by Gasteiger charge is 2.58. The van der Waals surface area contributed by atoms with E-state index in [2.05, 4.69) is 39.0 Å². The molecule has 40 heavy (non-hydrogen) atoms. The standard InChI is InChI=1S/C34H48O5S/c1-5-7-19-37-27-12-16-29-25(21-27)11-15-30-31-17-18-32(38-20-8-6-2)34(31,4)22-26(33(29)30)23-39-40(35,36)28-13-9-24(3)10-14-28/h9-10,12-14,16,21,26,30-33H,5-8,11,15,17-20,22-23H2,1-4H3/t26-,30?,31?,32?,33?,34?/m1/s1. The summed E-state index contributed by atoms with van der Waals surface area (Å²) in [6.07, 6.45) is 10.0. The quantitative estimate of drug-likeness (QED) is 0.193. The molecule has 0 aliphatic heterocycles. The fourth-order valence-electron chi connectivity index (χ4n) is 8.00. The second kappa shape index (κ2) is 12.5. The van der Waals surface area contributed by atoms with Crippen LogP contribution in [0.5, 0.6) is 5.75 Å². The molecular weight excluding hydrogens is 520 g/mol. The van der Waals surface area contributed by atoms with Crippen molar-refractivity contribution in [3.63, 3.8) is 0 Å². The van der Waals surface area contributed by atoms with Crippen LogP contribution in [0, 0.1) is 30.1 Å². The Bertz CT molecular complexity index is 1240. The highest BCUT2D eigenvalue weighted by atomic mass is 32.2. The normalized spacial score (nSPS) is 29.4. The topological polar surface area (TPSA) is 61.8 Å². The van der Waals surface area contributed by atoms with Crippen molar-refractivity contribution >= 4 is 10.1 Å². The van der Waals surface area contributed by atoms with Crippen LogP contribution >= 0.6 is 0 Å². The molecule has 6 heteroatoms. The first-order valence-corrected chi connectivity index (χ1v) is 17.0. The molecule has 2 saturated carbocycles. The van der Waals surface area contributed by atoms with Crippen molar-refractivity contribution in [3.8, 4) is 5.75 Å². The fraction of sp³-hybridized carbons (Fsp3) is 0.647. The lowest BCUT2D eigenvalue weighted by atomic mass is 9.52. The summed E-state index contributed by atoms with van der Waals surface area (Å²) in [5.41, 5.74) is 3.80. The Morgan fingerprint density at radius 3 is 2.45 bits per heavy atom. The predicted octanol–water partition coefficient (Wildman–Crippen LogP) is 7.85. The number of rotatable bonds is 12. The molecule has 5 nitrogen and oxygen atoms in total. The summed E-state index contributed by atoms with van der Waals surface area (Å²) in [6.45, 7) is 10.5. The molecule has 0 amide bonds. The van der Waals surface area contributed by atoms with Crippen molar-refractivity contribution in [1.29, 1.82) is 0 Å². The number of fused-ring (bicyclic) bond motifs is 5. The van der Waals surface area contributed by atoms with Gasteiger partial charge in [0.1, 0.15) is 5.75 Å². The van der Waals surface area contributed by atoms with Crippen LogP contribution in [0.2, 0.25) is 0 Å². The summed E-state index contributed by atoms with van der Waals surface area (Å²) < 4.78 is 44.9. The van der Waals surface area contributed by atoms with Crippen molar-refractivity contribution < 1.29 is 22.1 Å². The van der Waals surface area contributed by atoms with E-state index in [9.17, 15) is 8.42 Å². The van der Waals surface area contributed by atoms with Gasteiger partial charge >= 0.3 is 0 Å². The van der Waals surface area contributed by atoms with Gasteiger partial charge in [-0.25, -0.2) is 0 Å². The Morgan fingerprint density at radius 2 is 1.70 bits per heavy atom. The Balaban J connectivity index is 1.43. The number of aryl methyl sites for hydroxylation is 2. The number of hydrogen-bond donors (Lipinski definition) is 0. The van der Waals surface area contributed by atoms with Gasteiger partial charge in [0.25, 0.3) is 10.1 Å². The molecule has 0 N–H and O–H groups in total. The average Bonchev–Trinajstić information content (AvgIpc) is 3.27. The van der Waals surface area contributed by atoms with Crippen LogP contribution in [-0.2, 0) is 25.5 Å². The van der Waals surface area contributed by atoms with Gasteiger partial charge < -0.3 is 9.47 Å². The van der Waals surface area contributed by atoms with Crippen LogP contribution in [-0.4, -0.2) is 34.3 Å². The molecule has 0 heterocycles. The summed E-state index contributed by atoms with van der Waals surface area (Å²) in [6, 6.07) is 13.6. The highest BCUT2D eigenvalue weighted by Crippen LogP contribution is 2.63. The van der Waals surface area contributed by atoms with E-state index in [0.29, 0.717) is 11.8 Å². The summed E-state index contributed by atoms with van der Waals surface area (Å²) in [7, 11) is -3.84. The summed E-state index contributed by atoms with van der Waals surface area (Å²) in [4.78, 5) is 0.231.